The van der Waals surface area contributed by atoms with Gasteiger partial charge in [0.25, 0.3) is 18.3 Å². The molecule has 0 radical (unpaired) electrons. The fourth-order valence-corrected chi connectivity index (χ4v) is 4.01. The summed E-state index contributed by atoms with van der Waals surface area (Å²) in [6, 6.07) is 15.0. The second-order valence-electron chi connectivity index (χ2n) is 7.88. The van der Waals surface area contributed by atoms with Crippen LogP contribution in [0.3, 0.4) is 0 Å². The van der Waals surface area contributed by atoms with Gasteiger partial charge in [0.05, 0.1) is 6.61 Å². The number of piperazine rings is 1. The van der Waals surface area contributed by atoms with Crippen molar-refractivity contribution in [2.45, 2.75) is 25.9 Å². The zero-order valence-corrected chi connectivity index (χ0v) is 19.3. The maximum atomic E-state index is 12.5. The average Bonchev–Trinajstić information content (AvgIpc) is 3.40. The Morgan fingerprint density at radius 2 is 1.85 bits per heavy atom. The molecule has 2 amide bonds. The Morgan fingerprint density at radius 1 is 1.15 bits per heavy atom. The van der Waals surface area contributed by atoms with E-state index in [4.69, 9.17) is 19.4 Å². The number of benzene rings is 2. The summed E-state index contributed by atoms with van der Waals surface area (Å²) in [5.74, 6) is 0.641. The highest BCUT2D eigenvalue weighted by atomic mass is 16.5. The van der Waals surface area contributed by atoms with Crippen LogP contribution in [-0.4, -0.2) is 73.8 Å². The molecule has 0 unspecified atom stereocenters. The predicted molar refractivity (Wildman–Crippen MR) is 128 cm³/mol. The van der Waals surface area contributed by atoms with E-state index in [1.54, 1.807) is 12.1 Å². The molecular weight excluding hydrogens is 438 g/mol. The smallest absolute Gasteiger partial charge is 0.290 e. The summed E-state index contributed by atoms with van der Waals surface area (Å²) in [6.45, 7) is 5.89. The van der Waals surface area contributed by atoms with E-state index in [1.165, 1.54) is 0 Å². The van der Waals surface area contributed by atoms with Crippen molar-refractivity contribution in [3.63, 3.8) is 0 Å². The Hall–Kier alpha value is -3.59. The lowest BCUT2D eigenvalue weighted by molar-refractivity contribution is -0.141. The van der Waals surface area contributed by atoms with Crippen LogP contribution in [0.15, 0.2) is 48.5 Å². The van der Waals surface area contributed by atoms with Crippen LogP contribution >= 0.6 is 0 Å². The van der Waals surface area contributed by atoms with Gasteiger partial charge in [-0.2, -0.15) is 0 Å². The molecule has 1 atom stereocenters. The van der Waals surface area contributed by atoms with Gasteiger partial charge in [-0.15, -0.1) is 0 Å². The van der Waals surface area contributed by atoms with Crippen molar-refractivity contribution in [1.29, 1.82) is 0 Å². The predicted octanol–water partition coefficient (Wildman–Crippen LogP) is 2.87. The molecule has 0 saturated carbocycles. The highest BCUT2D eigenvalue weighted by Crippen LogP contribution is 2.22. The van der Waals surface area contributed by atoms with Gasteiger partial charge in [-0.3, -0.25) is 14.4 Å². The number of anilines is 2. The summed E-state index contributed by atoms with van der Waals surface area (Å²) in [6.07, 6.45) is 1.56. The number of nitrogens with zero attached hydrogens (tertiary/aromatic N) is 2. The molecule has 0 bridgehead atoms. The van der Waals surface area contributed by atoms with E-state index in [0.29, 0.717) is 37.6 Å². The van der Waals surface area contributed by atoms with Crippen molar-refractivity contribution in [2.24, 2.45) is 0 Å². The van der Waals surface area contributed by atoms with E-state index in [0.717, 1.165) is 37.3 Å². The van der Waals surface area contributed by atoms with Crippen molar-refractivity contribution < 1.29 is 29.0 Å². The standard InChI is InChI=1S/C24H29N3O4.CH2O2/c1-2-30-21-6-3-5-18(17-21)23(28)25-19-8-10-20(11-9-19)26-12-14-27(15-13-26)24(29)22-7-4-16-31-22;2-1-3/h3,5-6,8-11,17,22H,2,4,7,12-16H2,1H3,(H,25,28);1H,(H,2,3)/t22-;/m0./s1. The van der Waals surface area contributed by atoms with Gasteiger partial charge in [-0.05, 0) is 62.2 Å². The molecule has 0 aliphatic carbocycles. The van der Waals surface area contributed by atoms with Crippen LogP contribution in [-0.2, 0) is 14.3 Å². The summed E-state index contributed by atoms with van der Waals surface area (Å²) in [5.41, 5.74) is 2.38. The third-order valence-electron chi connectivity index (χ3n) is 5.69. The van der Waals surface area contributed by atoms with Gasteiger partial charge < -0.3 is 29.7 Å². The van der Waals surface area contributed by atoms with E-state index in [2.05, 4.69) is 10.2 Å². The third kappa shape index (κ3) is 6.71. The molecule has 2 aliphatic rings. The van der Waals surface area contributed by atoms with Crippen LogP contribution in [0.1, 0.15) is 30.1 Å². The molecule has 2 saturated heterocycles. The molecular formula is C25H31N3O6. The summed E-state index contributed by atoms with van der Waals surface area (Å²) in [5, 5.41) is 9.82. The van der Waals surface area contributed by atoms with E-state index < -0.39 is 0 Å². The molecule has 9 heteroatoms. The largest absolute Gasteiger partial charge is 0.494 e. The molecule has 182 valence electrons. The Balaban J connectivity index is 0.00000103. The molecule has 2 aromatic rings. The highest BCUT2D eigenvalue weighted by Gasteiger charge is 2.30. The van der Waals surface area contributed by atoms with Crippen LogP contribution in [0.4, 0.5) is 11.4 Å². The number of ether oxygens (including phenoxy) is 2. The number of carboxylic acid groups (broad SMARTS) is 1. The van der Waals surface area contributed by atoms with Gasteiger partial charge in [0.1, 0.15) is 11.9 Å². The lowest BCUT2D eigenvalue weighted by Crippen LogP contribution is -2.51. The first kappa shape index (κ1) is 25.0. The maximum absolute atomic E-state index is 12.5. The Morgan fingerprint density at radius 3 is 2.47 bits per heavy atom. The molecule has 0 aromatic heterocycles. The number of carbonyl (C=O) groups excluding carboxylic acids is 2. The number of carbonyl (C=O) groups is 3. The Bertz CT molecular complexity index is 951. The first-order valence-electron chi connectivity index (χ1n) is 11.4. The number of nitrogens with one attached hydrogen (secondary N) is 1. The molecule has 4 rings (SSSR count). The minimum Gasteiger partial charge on any atom is -0.494 e. The van der Waals surface area contributed by atoms with Gasteiger partial charge in [-0.25, -0.2) is 0 Å². The Labute approximate surface area is 199 Å². The van der Waals surface area contributed by atoms with E-state index in [9.17, 15) is 9.59 Å². The lowest BCUT2D eigenvalue weighted by atomic mass is 10.1. The Kier molecular flexibility index (Phi) is 9.28. The van der Waals surface area contributed by atoms with E-state index in [-0.39, 0.29) is 24.4 Å². The molecule has 2 fully saturated rings. The van der Waals surface area contributed by atoms with Gasteiger partial charge in [0.2, 0.25) is 0 Å². The normalized spacial score (nSPS) is 17.4. The van der Waals surface area contributed by atoms with E-state index in [1.807, 2.05) is 48.2 Å². The zero-order chi connectivity index (χ0) is 24.3. The van der Waals surface area contributed by atoms with Crippen LogP contribution in [0.25, 0.3) is 0 Å². The van der Waals surface area contributed by atoms with Crippen molar-refractivity contribution >= 4 is 29.7 Å². The molecule has 2 heterocycles. The van der Waals surface area contributed by atoms with Crippen LogP contribution < -0.4 is 15.0 Å². The van der Waals surface area contributed by atoms with Gasteiger partial charge in [0.15, 0.2) is 0 Å². The number of rotatable bonds is 6. The van der Waals surface area contributed by atoms with Gasteiger partial charge in [-0.1, -0.05) is 6.07 Å². The van der Waals surface area contributed by atoms with Crippen LogP contribution in [0.2, 0.25) is 0 Å². The molecule has 2 N–H and O–H groups in total. The number of hydrogen-bond donors (Lipinski definition) is 2. The van der Waals surface area contributed by atoms with Crippen molar-refractivity contribution in [3.8, 4) is 5.75 Å². The van der Waals surface area contributed by atoms with Crippen molar-refractivity contribution in [2.75, 3.05) is 49.6 Å². The highest BCUT2D eigenvalue weighted by molar-refractivity contribution is 6.04. The summed E-state index contributed by atoms with van der Waals surface area (Å²) in [4.78, 5) is 37.6. The minimum atomic E-state index is -0.250. The lowest BCUT2D eigenvalue weighted by Gasteiger charge is -2.37. The van der Waals surface area contributed by atoms with Gasteiger partial charge >= 0.3 is 0 Å². The summed E-state index contributed by atoms with van der Waals surface area (Å²) >= 11 is 0. The van der Waals surface area contributed by atoms with Gasteiger partial charge in [0, 0.05) is 49.7 Å². The monoisotopic (exact) mass is 469 g/mol. The second-order valence-corrected chi connectivity index (χ2v) is 7.88. The maximum Gasteiger partial charge on any atom is 0.290 e. The van der Waals surface area contributed by atoms with Crippen LogP contribution in [0, 0.1) is 0 Å². The average molecular weight is 470 g/mol. The molecule has 0 spiro atoms. The fourth-order valence-electron chi connectivity index (χ4n) is 4.01. The molecule has 2 aliphatic heterocycles. The number of amides is 2. The summed E-state index contributed by atoms with van der Waals surface area (Å²) < 4.78 is 11.0. The number of hydrogen-bond acceptors (Lipinski definition) is 6. The molecule has 2 aromatic carbocycles. The SMILES string of the molecule is CCOc1cccc(C(=O)Nc2ccc(N3CCN(C(=O)[C@@H]4CCCO4)CC3)cc2)c1.O=CO. The summed E-state index contributed by atoms with van der Waals surface area (Å²) in [7, 11) is 0. The minimum absolute atomic E-state index is 0.128. The fraction of sp³-hybridized carbons (Fsp3) is 0.400. The first-order chi connectivity index (χ1) is 16.5. The van der Waals surface area contributed by atoms with E-state index >= 15 is 0 Å². The third-order valence-corrected chi connectivity index (χ3v) is 5.69. The van der Waals surface area contributed by atoms with Crippen LogP contribution in [0.5, 0.6) is 5.75 Å². The second kappa shape index (κ2) is 12.6. The van der Waals surface area contributed by atoms with Crippen molar-refractivity contribution in [3.05, 3.63) is 54.1 Å². The topological polar surface area (TPSA) is 108 Å². The van der Waals surface area contributed by atoms with Crippen molar-refractivity contribution in [1.82, 2.24) is 4.90 Å². The quantitative estimate of drug-likeness (QED) is 0.626. The molecule has 34 heavy (non-hydrogen) atoms. The zero-order valence-electron chi connectivity index (χ0n) is 19.3. The molecule has 9 nitrogen and oxygen atoms in total. The first-order valence-corrected chi connectivity index (χ1v) is 11.4.